The van der Waals surface area contributed by atoms with Crippen LogP contribution >= 0.6 is 0 Å². The fraction of sp³-hybridized carbons (Fsp3) is 0.667. The van der Waals surface area contributed by atoms with E-state index < -0.39 is 0 Å². The fourth-order valence-corrected chi connectivity index (χ4v) is 2.32. The van der Waals surface area contributed by atoms with Crippen molar-refractivity contribution in [3.63, 3.8) is 0 Å². The molecule has 1 aromatic rings. The Labute approximate surface area is 91.3 Å². The lowest BCUT2D eigenvalue weighted by molar-refractivity contribution is 0.518. The van der Waals surface area contributed by atoms with Gasteiger partial charge in [-0.15, -0.1) is 5.10 Å². The van der Waals surface area contributed by atoms with E-state index in [4.69, 9.17) is 0 Å². The molecular weight excluding hydrogens is 186 g/mol. The highest BCUT2D eigenvalue weighted by Gasteiger charge is 2.20. The Morgan fingerprint density at radius 2 is 2.27 bits per heavy atom. The second-order valence-electron chi connectivity index (χ2n) is 4.17. The van der Waals surface area contributed by atoms with Gasteiger partial charge in [-0.3, -0.25) is 0 Å². The number of hydrogen-bond acceptors (Lipinski definition) is 3. The number of nitrogens with one attached hydrogen (secondary N) is 1. The van der Waals surface area contributed by atoms with Gasteiger partial charge in [0.05, 0.1) is 5.69 Å². The third-order valence-corrected chi connectivity index (χ3v) is 3.14. The molecule has 0 fully saturated rings. The first-order chi connectivity index (χ1) is 7.35. The maximum Gasteiger partial charge on any atom is 0.148 e. The van der Waals surface area contributed by atoms with Crippen LogP contribution in [0.1, 0.15) is 50.3 Å². The van der Waals surface area contributed by atoms with E-state index in [0.29, 0.717) is 5.92 Å². The van der Waals surface area contributed by atoms with Gasteiger partial charge in [0.1, 0.15) is 5.82 Å². The molecule has 1 unspecified atom stereocenters. The summed E-state index contributed by atoms with van der Waals surface area (Å²) in [5, 5.41) is 11.8. The van der Waals surface area contributed by atoms with Crippen molar-refractivity contribution in [2.24, 2.45) is 0 Å². The zero-order valence-electron chi connectivity index (χ0n) is 9.58. The molecule has 15 heavy (non-hydrogen) atoms. The van der Waals surface area contributed by atoms with E-state index >= 15 is 0 Å². The van der Waals surface area contributed by atoms with E-state index in [1.54, 1.807) is 0 Å². The molecule has 0 aromatic carbocycles. The summed E-state index contributed by atoms with van der Waals surface area (Å²) < 4.78 is 0. The topological polar surface area (TPSA) is 37.8 Å². The zero-order chi connectivity index (χ0) is 10.7. The molecule has 82 valence electrons. The summed E-state index contributed by atoms with van der Waals surface area (Å²) in [7, 11) is 0. The summed E-state index contributed by atoms with van der Waals surface area (Å²) >= 11 is 0. The molecule has 0 aliphatic heterocycles. The van der Waals surface area contributed by atoms with Gasteiger partial charge in [-0.05, 0) is 44.2 Å². The highest BCUT2D eigenvalue weighted by Crippen LogP contribution is 2.32. The number of hydrogen-bond donors (Lipinski definition) is 1. The Morgan fingerprint density at radius 3 is 3.00 bits per heavy atom. The van der Waals surface area contributed by atoms with Crippen LogP contribution < -0.4 is 5.32 Å². The summed E-state index contributed by atoms with van der Waals surface area (Å²) in [4.78, 5) is 0. The average Bonchev–Trinajstić information content (AvgIpc) is 2.28. The lowest BCUT2D eigenvalue weighted by Gasteiger charge is -2.22. The molecule has 1 N–H and O–H groups in total. The standard InChI is InChI=1S/C12H19N3/c1-3-9-6-5-7-10-8-11(13-4-2)14-15-12(9)10/h8-9H,3-7H2,1-2H3,(H,13,14). The summed E-state index contributed by atoms with van der Waals surface area (Å²) in [5.74, 6) is 1.56. The second-order valence-corrected chi connectivity index (χ2v) is 4.17. The van der Waals surface area contributed by atoms with Gasteiger partial charge in [0.15, 0.2) is 0 Å². The molecule has 2 rings (SSSR count). The van der Waals surface area contributed by atoms with Crippen molar-refractivity contribution in [2.75, 3.05) is 11.9 Å². The van der Waals surface area contributed by atoms with Gasteiger partial charge < -0.3 is 5.32 Å². The van der Waals surface area contributed by atoms with E-state index in [1.165, 1.54) is 36.9 Å². The molecule has 1 aromatic heterocycles. The molecule has 1 atom stereocenters. The van der Waals surface area contributed by atoms with Crippen molar-refractivity contribution in [1.82, 2.24) is 10.2 Å². The average molecular weight is 205 g/mol. The number of rotatable bonds is 3. The Balaban J connectivity index is 2.27. The van der Waals surface area contributed by atoms with Gasteiger partial charge in [-0.1, -0.05) is 6.92 Å². The lowest BCUT2D eigenvalue weighted by atomic mass is 9.85. The highest BCUT2D eigenvalue weighted by atomic mass is 15.2. The molecule has 0 radical (unpaired) electrons. The number of nitrogens with zero attached hydrogens (tertiary/aromatic N) is 2. The molecule has 3 nitrogen and oxygen atoms in total. The molecule has 0 saturated carbocycles. The summed E-state index contributed by atoms with van der Waals surface area (Å²) in [6.45, 7) is 5.22. The Kier molecular flexibility index (Phi) is 3.19. The van der Waals surface area contributed by atoms with E-state index in [-0.39, 0.29) is 0 Å². The minimum absolute atomic E-state index is 0.636. The van der Waals surface area contributed by atoms with Gasteiger partial charge in [0, 0.05) is 12.5 Å². The second kappa shape index (κ2) is 4.60. The van der Waals surface area contributed by atoms with Crippen molar-refractivity contribution in [3.05, 3.63) is 17.3 Å². The molecule has 0 bridgehead atoms. The van der Waals surface area contributed by atoms with Gasteiger partial charge in [-0.25, -0.2) is 0 Å². The van der Waals surface area contributed by atoms with Crippen LogP contribution in [0.3, 0.4) is 0 Å². The molecule has 1 heterocycles. The first kappa shape index (κ1) is 10.4. The first-order valence-corrected chi connectivity index (χ1v) is 5.95. The maximum absolute atomic E-state index is 4.38. The van der Waals surface area contributed by atoms with Gasteiger partial charge >= 0.3 is 0 Å². The predicted molar refractivity (Wildman–Crippen MR) is 62.2 cm³/mol. The predicted octanol–water partition coefficient (Wildman–Crippen LogP) is 2.74. The van der Waals surface area contributed by atoms with Gasteiger partial charge in [0.2, 0.25) is 0 Å². The molecule has 0 saturated heterocycles. The van der Waals surface area contributed by atoms with Crippen LogP contribution in [0.15, 0.2) is 6.07 Å². The zero-order valence-corrected chi connectivity index (χ0v) is 9.58. The number of anilines is 1. The van der Waals surface area contributed by atoms with Crippen molar-refractivity contribution >= 4 is 5.82 Å². The van der Waals surface area contributed by atoms with E-state index in [0.717, 1.165) is 12.4 Å². The summed E-state index contributed by atoms with van der Waals surface area (Å²) in [5.41, 5.74) is 2.64. The first-order valence-electron chi connectivity index (χ1n) is 5.95. The number of aromatic nitrogens is 2. The SMILES string of the molecule is CCNc1cc2c(nn1)C(CC)CCC2. The van der Waals surface area contributed by atoms with Crippen molar-refractivity contribution in [3.8, 4) is 0 Å². The van der Waals surface area contributed by atoms with Crippen LogP contribution in [0.25, 0.3) is 0 Å². The Hall–Kier alpha value is -1.12. The normalized spacial score (nSPS) is 19.7. The molecule has 0 amide bonds. The van der Waals surface area contributed by atoms with Crippen molar-refractivity contribution < 1.29 is 0 Å². The largest absolute Gasteiger partial charge is 0.369 e. The molecular formula is C12H19N3. The Bertz CT molecular complexity index is 336. The number of fused-ring (bicyclic) bond motifs is 1. The minimum atomic E-state index is 0.636. The lowest BCUT2D eigenvalue weighted by Crippen LogP contribution is -2.14. The van der Waals surface area contributed by atoms with Crippen LogP contribution in [-0.4, -0.2) is 16.7 Å². The third kappa shape index (κ3) is 2.11. The van der Waals surface area contributed by atoms with Crippen LogP contribution in [0.4, 0.5) is 5.82 Å². The quantitative estimate of drug-likeness (QED) is 0.824. The summed E-state index contributed by atoms with van der Waals surface area (Å²) in [6.07, 6.45) is 4.92. The molecule has 3 heteroatoms. The molecule has 1 aliphatic rings. The smallest absolute Gasteiger partial charge is 0.148 e. The van der Waals surface area contributed by atoms with Crippen LogP contribution in [0.2, 0.25) is 0 Å². The van der Waals surface area contributed by atoms with Crippen LogP contribution in [0, 0.1) is 0 Å². The van der Waals surface area contributed by atoms with E-state index in [2.05, 4.69) is 35.4 Å². The van der Waals surface area contributed by atoms with Gasteiger partial charge in [-0.2, -0.15) is 5.10 Å². The van der Waals surface area contributed by atoms with E-state index in [1.807, 2.05) is 0 Å². The Morgan fingerprint density at radius 1 is 1.40 bits per heavy atom. The van der Waals surface area contributed by atoms with E-state index in [9.17, 15) is 0 Å². The molecule has 1 aliphatic carbocycles. The van der Waals surface area contributed by atoms with Crippen molar-refractivity contribution in [1.29, 1.82) is 0 Å². The summed E-state index contributed by atoms with van der Waals surface area (Å²) in [6, 6.07) is 2.17. The third-order valence-electron chi connectivity index (χ3n) is 3.14. The molecule has 0 spiro atoms. The van der Waals surface area contributed by atoms with Crippen molar-refractivity contribution in [2.45, 2.75) is 45.4 Å². The van der Waals surface area contributed by atoms with Gasteiger partial charge in [0.25, 0.3) is 0 Å². The van der Waals surface area contributed by atoms with Crippen LogP contribution in [0.5, 0.6) is 0 Å². The highest BCUT2D eigenvalue weighted by molar-refractivity contribution is 5.39. The maximum atomic E-state index is 4.38. The monoisotopic (exact) mass is 205 g/mol. The number of aryl methyl sites for hydroxylation is 1. The fourth-order valence-electron chi connectivity index (χ4n) is 2.32. The minimum Gasteiger partial charge on any atom is -0.369 e. The van der Waals surface area contributed by atoms with Crippen LogP contribution in [-0.2, 0) is 6.42 Å².